The number of ether oxygens (including phenoxy) is 2. The summed E-state index contributed by atoms with van der Waals surface area (Å²) < 4.78 is 10.4. The zero-order valence-electron chi connectivity index (χ0n) is 16.7. The summed E-state index contributed by atoms with van der Waals surface area (Å²) in [6, 6.07) is 0. The maximum absolute atomic E-state index is 12.1. The average molecular weight is 408 g/mol. The van der Waals surface area contributed by atoms with Crippen molar-refractivity contribution in [3.05, 3.63) is 16.4 Å². The van der Waals surface area contributed by atoms with E-state index in [1.807, 2.05) is 0 Å². The van der Waals surface area contributed by atoms with E-state index in [2.05, 4.69) is 20.2 Å². The van der Waals surface area contributed by atoms with Gasteiger partial charge in [0.1, 0.15) is 6.33 Å². The number of anilines is 2. The van der Waals surface area contributed by atoms with Gasteiger partial charge in [-0.3, -0.25) is 19.8 Å². The van der Waals surface area contributed by atoms with Gasteiger partial charge >= 0.3 is 11.7 Å². The van der Waals surface area contributed by atoms with Crippen LogP contribution in [-0.4, -0.2) is 84.8 Å². The summed E-state index contributed by atoms with van der Waals surface area (Å²) in [6.45, 7) is 7.41. The van der Waals surface area contributed by atoms with Crippen LogP contribution in [0.4, 0.5) is 17.3 Å². The average Bonchev–Trinajstić information content (AvgIpc) is 2.74. The van der Waals surface area contributed by atoms with Crippen molar-refractivity contribution >= 4 is 23.3 Å². The number of aromatic nitrogens is 2. The quantitative estimate of drug-likeness (QED) is 0.377. The van der Waals surface area contributed by atoms with Crippen molar-refractivity contribution in [1.29, 1.82) is 0 Å². The normalized spacial score (nSPS) is 20.3. The number of esters is 1. The third-order valence-corrected chi connectivity index (χ3v) is 5.15. The maximum atomic E-state index is 12.1. The fourth-order valence-corrected chi connectivity index (χ4v) is 3.68. The van der Waals surface area contributed by atoms with Crippen LogP contribution < -0.4 is 10.2 Å². The van der Waals surface area contributed by atoms with Gasteiger partial charge in [0.25, 0.3) is 0 Å². The van der Waals surface area contributed by atoms with Gasteiger partial charge in [-0.25, -0.2) is 9.97 Å². The van der Waals surface area contributed by atoms with E-state index in [1.165, 1.54) is 6.33 Å². The molecule has 160 valence electrons. The van der Waals surface area contributed by atoms with E-state index in [0.29, 0.717) is 45.9 Å². The number of hydrogen-bond donors (Lipinski definition) is 1. The monoisotopic (exact) mass is 408 g/mol. The summed E-state index contributed by atoms with van der Waals surface area (Å²) in [4.78, 5) is 35.8. The second-order valence-electron chi connectivity index (χ2n) is 7.07. The van der Waals surface area contributed by atoms with Crippen LogP contribution in [-0.2, 0) is 14.3 Å². The van der Waals surface area contributed by atoms with E-state index in [0.717, 1.165) is 26.1 Å². The number of carbonyl (C=O) groups excluding carboxylic acids is 1. The van der Waals surface area contributed by atoms with Crippen molar-refractivity contribution < 1.29 is 19.2 Å². The molecule has 0 aliphatic carbocycles. The van der Waals surface area contributed by atoms with Gasteiger partial charge in [0, 0.05) is 39.3 Å². The lowest BCUT2D eigenvalue weighted by atomic mass is 9.98. The number of carbonyl (C=O) groups is 1. The minimum absolute atomic E-state index is 0.154. The largest absolute Gasteiger partial charge is 0.466 e. The molecule has 2 fully saturated rings. The van der Waals surface area contributed by atoms with Gasteiger partial charge in [-0.15, -0.1) is 0 Å². The molecule has 2 aliphatic rings. The first-order chi connectivity index (χ1) is 14.1. The Morgan fingerprint density at radius 2 is 2.17 bits per heavy atom. The standard InChI is InChI=1S/C18H28N6O5/c1-2-29-18(25)14-4-3-6-23(12-14)17-15(24(26)27)16(20-13-21-17)19-5-7-22-8-10-28-11-9-22/h13-14H,2-12H2,1H3,(H,19,20,21). The van der Waals surface area contributed by atoms with Crippen LogP contribution >= 0.6 is 0 Å². The van der Waals surface area contributed by atoms with Gasteiger partial charge < -0.3 is 19.7 Å². The molecule has 11 nitrogen and oxygen atoms in total. The van der Waals surface area contributed by atoms with Gasteiger partial charge in [-0.1, -0.05) is 0 Å². The molecule has 3 heterocycles. The Morgan fingerprint density at radius 3 is 2.90 bits per heavy atom. The Labute approximate surface area is 169 Å². The Bertz CT molecular complexity index is 712. The van der Waals surface area contributed by atoms with Crippen LogP contribution in [0.5, 0.6) is 0 Å². The minimum atomic E-state index is -0.458. The lowest BCUT2D eigenvalue weighted by Gasteiger charge is -2.32. The van der Waals surface area contributed by atoms with E-state index >= 15 is 0 Å². The molecular formula is C18H28N6O5. The van der Waals surface area contributed by atoms with E-state index in [9.17, 15) is 14.9 Å². The molecule has 0 saturated carbocycles. The molecule has 3 rings (SSSR count). The van der Waals surface area contributed by atoms with Gasteiger partial charge in [-0.2, -0.15) is 0 Å². The van der Waals surface area contributed by atoms with Gasteiger partial charge in [0.05, 0.1) is 30.7 Å². The van der Waals surface area contributed by atoms with Crippen LogP contribution in [0.25, 0.3) is 0 Å². The number of rotatable bonds is 8. The first-order valence-electron chi connectivity index (χ1n) is 10.0. The molecule has 0 bridgehead atoms. The summed E-state index contributed by atoms with van der Waals surface area (Å²) in [5.74, 6) is -0.131. The van der Waals surface area contributed by atoms with Crippen LogP contribution in [0.3, 0.4) is 0 Å². The lowest BCUT2D eigenvalue weighted by Crippen LogP contribution is -2.40. The summed E-state index contributed by atoms with van der Waals surface area (Å²) in [6.07, 6.45) is 2.77. The molecule has 0 amide bonds. The molecule has 1 unspecified atom stereocenters. The van der Waals surface area contributed by atoms with Crippen molar-refractivity contribution in [1.82, 2.24) is 14.9 Å². The minimum Gasteiger partial charge on any atom is -0.466 e. The molecule has 29 heavy (non-hydrogen) atoms. The zero-order chi connectivity index (χ0) is 20.6. The molecule has 1 aromatic rings. The Kier molecular flexibility index (Phi) is 7.53. The number of nitrogens with zero attached hydrogens (tertiary/aromatic N) is 5. The fourth-order valence-electron chi connectivity index (χ4n) is 3.68. The smallest absolute Gasteiger partial charge is 0.353 e. The Balaban J connectivity index is 1.70. The van der Waals surface area contributed by atoms with Crippen LogP contribution in [0.15, 0.2) is 6.33 Å². The third-order valence-electron chi connectivity index (χ3n) is 5.15. The number of nitrogens with one attached hydrogen (secondary N) is 1. The van der Waals surface area contributed by atoms with Gasteiger partial charge in [0.2, 0.25) is 11.6 Å². The zero-order valence-corrected chi connectivity index (χ0v) is 16.7. The Morgan fingerprint density at radius 1 is 1.38 bits per heavy atom. The molecule has 1 aromatic heterocycles. The van der Waals surface area contributed by atoms with Crippen LogP contribution in [0.2, 0.25) is 0 Å². The molecule has 2 aliphatic heterocycles. The summed E-state index contributed by atoms with van der Waals surface area (Å²) in [7, 11) is 0. The first kappa shape index (κ1) is 21.2. The van der Waals surface area contributed by atoms with Gasteiger partial charge in [-0.05, 0) is 19.8 Å². The SMILES string of the molecule is CCOC(=O)C1CCCN(c2ncnc(NCCN3CCOCC3)c2[N+](=O)[O-])C1. The van der Waals surface area contributed by atoms with Gasteiger partial charge in [0.15, 0.2) is 0 Å². The number of piperidine rings is 1. The van der Waals surface area contributed by atoms with Crippen molar-refractivity contribution in [2.75, 3.05) is 69.3 Å². The predicted octanol–water partition coefficient (Wildman–Crippen LogP) is 0.908. The van der Waals surface area contributed by atoms with Crippen molar-refractivity contribution in [3.8, 4) is 0 Å². The molecule has 0 spiro atoms. The van der Waals surface area contributed by atoms with E-state index in [-0.39, 0.29) is 29.2 Å². The van der Waals surface area contributed by atoms with E-state index in [4.69, 9.17) is 9.47 Å². The van der Waals surface area contributed by atoms with Crippen molar-refractivity contribution in [2.45, 2.75) is 19.8 Å². The predicted molar refractivity (Wildman–Crippen MR) is 106 cm³/mol. The highest BCUT2D eigenvalue weighted by molar-refractivity contribution is 5.75. The highest BCUT2D eigenvalue weighted by Gasteiger charge is 2.33. The first-order valence-corrected chi connectivity index (χ1v) is 10.0. The third kappa shape index (κ3) is 5.51. The molecule has 1 atom stereocenters. The second-order valence-corrected chi connectivity index (χ2v) is 7.07. The van der Waals surface area contributed by atoms with Crippen molar-refractivity contribution in [2.24, 2.45) is 5.92 Å². The highest BCUT2D eigenvalue weighted by Crippen LogP contribution is 2.34. The number of morpholine rings is 1. The molecule has 0 radical (unpaired) electrons. The molecule has 1 N–H and O–H groups in total. The molecule has 11 heteroatoms. The molecule has 2 saturated heterocycles. The summed E-state index contributed by atoms with van der Waals surface area (Å²) in [5, 5.41) is 14.9. The number of hydrogen-bond acceptors (Lipinski definition) is 10. The highest BCUT2D eigenvalue weighted by atomic mass is 16.6. The topological polar surface area (TPSA) is 123 Å². The second kappa shape index (κ2) is 10.3. The van der Waals surface area contributed by atoms with Crippen LogP contribution in [0, 0.1) is 16.0 Å². The van der Waals surface area contributed by atoms with E-state index < -0.39 is 4.92 Å². The fraction of sp³-hybridized carbons (Fsp3) is 0.722. The Hall–Kier alpha value is -2.53. The van der Waals surface area contributed by atoms with Crippen LogP contribution in [0.1, 0.15) is 19.8 Å². The molecular weight excluding hydrogens is 380 g/mol. The number of nitro groups is 1. The molecule has 0 aromatic carbocycles. The van der Waals surface area contributed by atoms with E-state index in [1.54, 1.807) is 11.8 Å². The lowest BCUT2D eigenvalue weighted by molar-refractivity contribution is -0.383. The summed E-state index contributed by atoms with van der Waals surface area (Å²) in [5.41, 5.74) is -0.154. The summed E-state index contributed by atoms with van der Waals surface area (Å²) >= 11 is 0. The van der Waals surface area contributed by atoms with Crippen molar-refractivity contribution in [3.63, 3.8) is 0 Å². The maximum Gasteiger partial charge on any atom is 0.353 e.